The lowest BCUT2D eigenvalue weighted by molar-refractivity contribution is 0.618. The molecule has 96 valence electrons. The van der Waals surface area contributed by atoms with Crippen LogP contribution in [0.5, 0.6) is 0 Å². The molecule has 0 aliphatic carbocycles. The fraction of sp³-hybridized carbons (Fsp3) is 0.231. The van der Waals surface area contributed by atoms with Gasteiger partial charge in [0.2, 0.25) is 5.95 Å². The van der Waals surface area contributed by atoms with Gasteiger partial charge in [0.1, 0.15) is 11.8 Å². The minimum atomic E-state index is -0.543. The second-order valence-corrected chi connectivity index (χ2v) is 3.89. The van der Waals surface area contributed by atoms with Crippen molar-refractivity contribution in [3.05, 3.63) is 36.0 Å². The first kappa shape index (κ1) is 12.9. The minimum Gasteiger partial charge on any atom is -0.354 e. The van der Waals surface area contributed by atoms with E-state index < -0.39 is 5.82 Å². The van der Waals surface area contributed by atoms with Gasteiger partial charge in [-0.1, -0.05) is 6.92 Å². The molecule has 0 saturated heterocycles. The van der Waals surface area contributed by atoms with E-state index in [-0.39, 0.29) is 5.69 Å². The third kappa shape index (κ3) is 3.01. The predicted molar refractivity (Wildman–Crippen MR) is 68.7 cm³/mol. The normalized spacial score (nSPS) is 9.95. The molecule has 0 aliphatic heterocycles. The fourth-order valence-corrected chi connectivity index (χ4v) is 1.52. The van der Waals surface area contributed by atoms with Crippen molar-refractivity contribution in [1.82, 2.24) is 15.0 Å². The van der Waals surface area contributed by atoms with Gasteiger partial charge >= 0.3 is 0 Å². The van der Waals surface area contributed by atoms with E-state index in [2.05, 4.69) is 20.3 Å². The van der Waals surface area contributed by atoms with Gasteiger partial charge in [0.15, 0.2) is 5.82 Å². The Bertz CT molecular complexity index is 621. The quantitative estimate of drug-likeness (QED) is 0.910. The number of rotatable bonds is 4. The van der Waals surface area contributed by atoms with E-state index >= 15 is 0 Å². The molecule has 1 N–H and O–H groups in total. The molecule has 0 aliphatic rings. The number of halogens is 1. The van der Waals surface area contributed by atoms with Crippen LogP contribution >= 0.6 is 0 Å². The summed E-state index contributed by atoms with van der Waals surface area (Å²) in [4.78, 5) is 11.9. The lowest BCUT2D eigenvalue weighted by Crippen LogP contribution is -2.06. The molecule has 2 rings (SSSR count). The molecule has 5 nitrogen and oxygen atoms in total. The summed E-state index contributed by atoms with van der Waals surface area (Å²) < 4.78 is 13.7. The molecular weight excluding hydrogens is 245 g/mol. The Kier molecular flexibility index (Phi) is 3.98. The Labute approximate surface area is 110 Å². The number of nitrogens with zero attached hydrogens (tertiary/aromatic N) is 4. The average molecular weight is 257 g/mol. The van der Waals surface area contributed by atoms with Crippen LogP contribution in [-0.2, 0) is 0 Å². The highest BCUT2D eigenvalue weighted by Crippen LogP contribution is 2.21. The summed E-state index contributed by atoms with van der Waals surface area (Å²) in [5, 5.41) is 11.8. The summed E-state index contributed by atoms with van der Waals surface area (Å²) in [5.41, 5.74) is 0.954. The number of aromatic nitrogens is 3. The van der Waals surface area contributed by atoms with Crippen molar-refractivity contribution in [2.75, 3.05) is 11.9 Å². The molecule has 19 heavy (non-hydrogen) atoms. The van der Waals surface area contributed by atoms with Crippen LogP contribution in [0, 0.1) is 17.1 Å². The maximum atomic E-state index is 13.7. The summed E-state index contributed by atoms with van der Waals surface area (Å²) in [6, 6.07) is 3.51. The van der Waals surface area contributed by atoms with Gasteiger partial charge in [-0.05, 0) is 12.5 Å². The first-order valence-electron chi connectivity index (χ1n) is 5.86. The van der Waals surface area contributed by atoms with Crippen molar-refractivity contribution in [1.29, 1.82) is 5.26 Å². The average Bonchev–Trinajstić information content (AvgIpc) is 2.46. The summed E-state index contributed by atoms with van der Waals surface area (Å²) in [6.07, 6.45) is 4.91. The number of anilines is 1. The molecule has 0 aromatic carbocycles. The molecule has 0 atom stereocenters. The first-order valence-corrected chi connectivity index (χ1v) is 5.86. The van der Waals surface area contributed by atoms with Crippen molar-refractivity contribution in [2.45, 2.75) is 13.3 Å². The van der Waals surface area contributed by atoms with E-state index in [0.717, 1.165) is 12.6 Å². The zero-order valence-corrected chi connectivity index (χ0v) is 10.4. The van der Waals surface area contributed by atoms with Gasteiger partial charge in [0.25, 0.3) is 0 Å². The SMILES string of the molecule is CCCNc1ncc(F)c(-c2cncc(C#N)c2)n1. The first-order chi connectivity index (χ1) is 9.24. The van der Waals surface area contributed by atoms with Gasteiger partial charge in [-0.15, -0.1) is 0 Å². The van der Waals surface area contributed by atoms with Crippen LogP contribution in [0.25, 0.3) is 11.3 Å². The molecule has 0 saturated carbocycles. The minimum absolute atomic E-state index is 0.137. The zero-order valence-electron chi connectivity index (χ0n) is 10.4. The van der Waals surface area contributed by atoms with Crippen LogP contribution in [0.4, 0.5) is 10.3 Å². The van der Waals surface area contributed by atoms with Crippen LogP contribution in [0.1, 0.15) is 18.9 Å². The Hall–Kier alpha value is -2.55. The smallest absolute Gasteiger partial charge is 0.223 e. The van der Waals surface area contributed by atoms with E-state index in [1.54, 1.807) is 6.07 Å². The highest BCUT2D eigenvalue weighted by atomic mass is 19.1. The standard InChI is InChI=1S/C13H12FN5/c1-2-3-17-13-18-8-11(14)12(19-13)10-4-9(5-15)6-16-7-10/h4,6-8H,2-3H2,1H3,(H,17,18,19). The molecule has 2 aromatic rings. The maximum absolute atomic E-state index is 13.7. The number of nitriles is 1. The highest BCUT2D eigenvalue weighted by Gasteiger charge is 2.10. The van der Waals surface area contributed by atoms with E-state index in [1.807, 2.05) is 13.0 Å². The Morgan fingerprint density at radius 1 is 1.37 bits per heavy atom. The van der Waals surface area contributed by atoms with E-state index in [9.17, 15) is 4.39 Å². The van der Waals surface area contributed by atoms with Crippen molar-refractivity contribution in [3.8, 4) is 17.3 Å². The second kappa shape index (κ2) is 5.87. The third-order valence-corrected chi connectivity index (χ3v) is 2.42. The second-order valence-electron chi connectivity index (χ2n) is 3.89. The molecule has 2 heterocycles. The summed E-state index contributed by atoms with van der Waals surface area (Å²) in [7, 11) is 0. The van der Waals surface area contributed by atoms with Gasteiger partial charge in [-0.25, -0.2) is 14.4 Å². The molecule has 0 bridgehead atoms. The Morgan fingerprint density at radius 2 is 2.21 bits per heavy atom. The highest BCUT2D eigenvalue weighted by molar-refractivity contribution is 5.61. The Morgan fingerprint density at radius 3 is 2.95 bits per heavy atom. The molecule has 0 amide bonds. The number of pyridine rings is 1. The lowest BCUT2D eigenvalue weighted by Gasteiger charge is -2.06. The Balaban J connectivity index is 2.40. The van der Waals surface area contributed by atoms with Gasteiger partial charge in [0, 0.05) is 24.5 Å². The van der Waals surface area contributed by atoms with Crippen molar-refractivity contribution < 1.29 is 4.39 Å². The maximum Gasteiger partial charge on any atom is 0.223 e. The van der Waals surface area contributed by atoms with Crippen LogP contribution in [0.2, 0.25) is 0 Å². The van der Waals surface area contributed by atoms with Crippen LogP contribution in [-0.4, -0.2) is 21.5 Å². The molecule has 6 heteroatoms. The van der Waals surface area contributed by atoms with Gasteiger partial charge in [-0.3, -0.25) is 4.98 Å². The van der Waals surface area contributed by atoms with Crippen LogP contribution < -0.4 is 5.32 Å². The topological polar surface area (TPSA) is 74.5 Å². The largest absolute Gasteiger partial charge is 0.354 e. The molecule has 0 fully saturated rings. The molecule has 2 aromatic heterocycles. The molecule has 0 radical (unpaired) electrons. The van der Waals surface area contributed by atoms with Crippen LogP contribution in [0.3, 0.4) is 0 Å². The van der Waals surface area contributed by atoms with E-state index in [0.29, 0.717) is 23.6 Å². The van der Waals surface area contributed by atoms with Crippen molar-refractivity contribution >= 4 is 5.95 Å². The lowest BCUT2D eigenvalue weighted by atomic mass is 10.1. The number of hydrogen-bond acceptors (Lipinski definition) is 5. The van der Waals surface area contributed by atoms with Crippen molar-refractivity contribution in [2.24, 2.45) is 0 Å². The van der Waals surface area contributed by atoms with E-state index in [1.165, 1.54) is 12.4 Å². The number of nitrogens with one attached hydrogen (secondary N) is 1. The van der Waals surface area contributed by atoms with E-state index in [4.69, 9.17) is 5.26 Å². The third-order valence-electron chi connectivity index (χ3n) is 2.42. The zero-order chi connectivity index (χ0) is 13.7. The summed E-state index contributed by atoms with van der Waals surface area (Å²) >= 11 is 0. The fourth-order valence-electron chi connectivity index (χ4n) is 1.52. The van der Waals surface area contributed by atoms with Gasteiger partial charge < -0.3 is 5.32 Å². The molecule has 0 unspecified atom stereocenters. The predicted octanol–water partition coefficient (Wildman–Crippen LogP) is 2.37. The number of hydrogen-bond donors (Lipinski definition) is 1. The monoisotopic (exact) mass is 257 g/mol. The van der Waals surface area contributed by atoms with Crippen LogP contribution in [0.15, 0.2) is 24.7 Å². The van der Waals surface area contributed by atoms with Gasteiger partial charge in [0.05, 0.1) is 11.8 Å². The van der Waals surface area contributed by atoms with Crippen molar-refractivity contribution in [3.63, 3.8) is 0 Å². The molecule has 0 spiro atoms. The molecular formula is C13H12FN5. The van der Waals surface area contributed by atoms with Gasteiger partial charge in [-0.2, -0.15) is 5.26 Å². The summed E-state index contributed by atoms with van der Waals surface area (Å²) in [6.45, 7) is 2.72. The summed E-state index contributed by atoms with van der Waals surface area (Å²) in [5.74, 6) is -0.181.